The van der Waals surface area contributed by atoms with Crippen LogP contribution in [-0.2, 0) is 5.75 Å². The third-order valence-electron chi connectivity index (χ3n) is 4.79. The summed E-state index contributed by atoms with van der Waals surface area (Å²) in [7, 11) is 0. The molecule has 5 nitrogen and oxygen atoms in total. The minimum absolute atomic E-state index is 0.0614. The van der Waals surface area contributed by atoms with Crippen LogP contribution in [0.15, 0.2) is 84.0 Å². The van der Waals surface area contributed by atoms with E-state index in [1.165, 1.54) is 5.56 Å². The van der Waals surface area contributed by atoms with Gasteiger partial charge in [-0.25, -0.2) is 4.98 Å². The number of benzene rings is 2. The van der Waals surface area contributed by atoms with Crippen molar-refractivity contribution < 1.29 is 9.53 Å². The summed E-state index contributed by atoms with van der Waals surface area (Å²) >= 11 is 1.62. The fourth-order valence-electron chi connectivity index (χ4n) is 3.25. The highest BCUT2D eigenvalue weighted by Gasteiger charge is 2.12. The van der Waals surface area contributed by atoms with E-state index in [2.05, 4.69) is 10.3 Å². The van der Waals surface area contributed by atoms with Gasteiger partial charge in [-0.3, -0.25) is 4.79 Å². The van der Waals surface area contributed by atoms with Crippen molar-refractivity contribution in [3.63, 3.8) is 0 Å². The average Bonchev–Trinajstić information content (AvgIpc) is 3.21. The van der Waals surface area contributed by atoms with E-state index >= 15 is 0 Å². The smallest absolute Gasteiger partial charge is 0.252 e. The lowest BCUT2D eigenvalue weighted by molar-refractivity contribution is 0.0948. The van der Waals surface area contributed by atoms with Crippen molar-refractivity contribution in [3.05, 3.63) is 95.9 Å². The second-order valence-corrected chi connectivity index (χ2v) is 8.27. The summed E-state index contributed by atoms with van der Waals surface area (Å²) in [6, 6.07) is 21.6. The lowest BCUT2D eigenvalue weighted by atomic mass is 10.2. The quantitative estimate of drug-likeness (QED) is 0.295. The number of ether oxygens (including phenoxy) is 1. The van der Waals surface area contributed by atoms with E-state index in [4.69, 9.17) is 4.74 Å². The zero-order valence-electron chi connectivity index (χ0n) is 17.5. The molecule has 31 heavy (non-hydrogen) atoms. The number of carbonyl (C=O) groups is 1. The number of nitrogens with one attached hydrogen (secondary N) is 1. The molecule has 0 saturated heterocycles. The minimum Gasteiger partial charge on any atom is -0.494 e. The van der Waals surface area contributed by atoms with Crippen LogP contribution in [0.4, 0.5) is 0 Å². The monoisotopic (exact) mass is 431 g/mol. The number of nitrogens with zero attached hydrogens (tertiary/aromatic N) is 2. The maximum absolute atomic E-state index is 12.7. The Hall–Kier alpha value is -3.25. The maximum atomic E-state index is 12.7. The van der Waals surface area contributed by atoms with Crippen molar-refractivity contribution in [2.24, 2.45) is 0 Å². The Labute approximate surface area is 186 Å². The fraction of sp³-hybridized carbons (Fsp3) is 0.200. The van der Waals surface area contributed by atoms with E-state index in [0.29, 0.717) is 24.5 Å². The first-order valence-electron chi connectivity index (χ1n) is 10.3. The molecule has 2 aromatic carbocycles. The highest BCUT2D eigenvalue weighted by atomic mass is 32.2. The van der Waals surface area contributed by atoms with Gasteiger partial charge in [0.25, 0.3) is 5.91 Å². The van der Waals surface area contributed by atoms with Gasteiger partial charge in [0, 0.05) is 29.6 Å². The van der Waals surface area contributed by atoms with Crippen molar-refractivity contribution in [3.8, 4) is 5.75 Å². The number of pyridine rings is 1. The fourth-order valence-corrected chi connectivity index (χ4v) is 4.19. The van der Waals surface area contributed by atoms with Gasteiger partial charge in [-0.1, -0.05) is 30.3 Å². The number of amides is 1. The van der Waals surface area contributed by atoms with Gasteiger partial charge in [-0.2, -0.15) is 0 Å². The Balaban J connectivity index is 1.28. The van der Waals surface area contributed by atoms with Crippen molar-refractivity contribution in [2.45, 2.75) is 24.0 Å². The molecule has 6 heteroatoms. The largest absolute Gasteiger partial charge is 0.494 e. The molecule has 4 rings (SSSR count). The molecule has 0 aliphatic heterocycles. The number of carbonyl (C=O) groups excluding carboxylic acids is 1. The molecule has 0 saturated carbocycles. The Morgan fingerprint density at radius 1 is 1.10 bits per heavy atom. The predicted molar refractivity (Wildman–Crippen MR) is 125 cm³/mol. The second-order valence-electron chi connectivity index (χ2n) is 7.26. The summed E-state index contributed by atoms with van der Waals surface area (Å²) in [6.45, 7) is 3.17. The Bertz CT molecular complexity index is 1140. The summed E-state index contributed by atoms with van der Waals surface area (Å²) in [6.07, 6.45) is 4.76. The molecule has 0 radical (unpaired) electrons. The van der Waals surface area contributed by atoms with Crippen LogP contribution in [0.5, 0.6) is 5.75 Å². The molecule has 1 amide bonds. The van der Waals surface area contributed by atoms with Gasteiger partial charge in [-0.05, 0) is 55.3 Å². The third kappa shape index (κ3) is 5.67. The Kier molecular flexibility index (Phi) is 6.89. The van der Waals surface area contributed by atoms with Crippen LogP contribution in [0.3, 0.4) is 0 Å². The van der Waals surface area contributed by atoms with Crippen molar-refractivity contribution >= 4 is 23.3 Å². The van der Waals surface area contributed by atoms with Crippen LogP contribution >= 0.6 is 11.8 Å². The number of thioether (sulfide) groups is 1. The summed E-state index contributed by atoms with van der Waals surface area (Å²) in [5.74, 6) is 1.50. The van der Waals surface area contributed by atoms with Gasteiger partial charge in [-0.15, -0.1) is 11.8 Å². The van der Waals surface area contributed by atoms with E-state index in [1.807, 2.05) is 90.4 Å². The van der Waals surface area contributed by atoms with Gasteiger partial charge >= 0.3 is 0 Å². The van der Waals surface area contributed by atoms with E-state index in [0.717, 1.165) is 28.4 Å². The van der Waals surface area contributed by atoms with E-state index < -0.39 is 0 Å². The zero-order chi connectivity index (χ0) is 21.5. The lowest BCUT2D eigenvalue weighted by Crippen LogP contribution is -2.26. The van der Waals surface area contributed by atoms with Crippen LogP contribution in [0, 0.1) is 6.92 Å². The number of rotatable bonds is 9. The van der Waals surface area contributed by atoms with Gasteiger partial charge in [0.1, 0.15) is 11.4 Å². The minimum atomic E-state index is -0.0614. The number of hydrogen-bond acceptors (Lipinski definition) is 4. The van der Waals surface area contributed by atoms with Gasteiger partial charge < -0.3 is 14.5 Å². The van der Waals surface area contributed by atoms with Crippen LogP contribution in [0.1, 0.15) is 28.0 Å². The van der Waals surface area contributed by atoms with Crippen LogP contribution in [0.2, 0.25) is 0 Å². The number of imidazole rings is 1. The molecule has 4 aromatic rings. The summed E-state index contributed by atoms with van der Waals surface area (Å²) < 4.78 is 7.75. The molecule has 2 heterocycles. The standard InChI is InChI=1S/C25H25N3O2S/c1-19-8-6-9-21(16-19)30-15-7-13-26-25(29)22-10-2-3-11-23(22)31-18-20-17-28-14-5-4-12-24(28)27-20/h2-6,8-12,14,16-17H,7,13,15,18H2,1H3,(H,26,29). The SMILES string of the molecule is Cc1cccc(OCCCNC(=O)c2ccccc2SCc2cn3ccccc3n2)c1. The van der Waals surface area contributed by atoms with E-state index in [-0.39, 0.29) is 5.91 Å². The average molecular weight is 432 g/mol. The molecule has 0 aliphatic rings. The van der Waals surface area contributed by atoms with E-state index in [1.54, 1.807) is 11.8 Å². The zero-order valence-corrected chi connectivity index (χ0v) is 18.3. The summed E-state index contributed by atoms with van der Waals surface area (Å²) in [4.78, 5) is 18.3. The van der Waals surface area contributed by atoms with Gasteiger partial charge in [0.05, 0.1) is 17.9 Å². The lowest BCUT2D eigenvalue weighted by Gasteiger charge is -2.10. The number of fused-ring (bicyclic) bond motifs is 1. The molecular weight excluding hydrogens is 406 g/mol. The molecule has 0 bridgehead atoms. The molecule has 0 unspecified atom stereocenters. The molecule has 0 atom stereocenters. The molecule has 2 aromatic heterocycles. The van der Waals surface area contributed by atoms with Crippen LogP contribution in [-0.4, -0.2) is 28.4 Å². The first kappa shape index (κ1) is 21.0. The molecule has 1 N–H and O–H groups in total. The Morgan fingerprint density at radius 2 is 1.97 bits per heavy atom. The van der Waals surface area contributed by atoms with Gasteiger partial charge in [0.2, 0.25) is 0 Å². The Morgan fingerprint density at radius 3 is 2.84 bits per heavy atom. The normalized spacial score (nSPS) is 10.9. The highest BCUT2D eigenvalue weighted by molar-refractivity contribution is 7.98. The van der Waals surface area contributed by atoms with Crippen LogP contribution < -0.4 is 10.1 Å². The third-order valence-corrected chi connectivity index (χ3v) is 5.89. The number of aryl methyl sites for hydroxylation is 1. The molecule has 0 fully saturated rings. The van der Waals surface area contributed by atoms with Crippen molar-refractivity contribution in [1.29, 1.82) is 0 Å². The molecule has 0 spiro atoms. The highest BCUT2D eigenvalue weighted by Crippen LogP contribution is 2.26. The van der Waals surface area contributed by atoms with Crippen molar-refractivity contribution in [1.82, 2.24) is 14.7 Å². The summed E-state index contributed by atoms with van der Waals surface area (Å²) in [5.41, 5.74) is 3.77. The predicted octanol–water partition coefficient (Wildman–Crippen LogP) is 5.13. The topological polar surface area (TPSA) is 55.6 Å². The molecule has 0 aliphatic carbocycles. The molecule has 158 valence electrons. The maximum Gasteiger partial charge on any atom is 0.252 e. The van der Waals surface area contributed by atoms with Crippen molar-refractivity contribution in [2.75, 3.05) is 13.2 Å². The van der Waals surface area contributed by atoms with Crippen LogP contribution in [0.25, 0.3) is 5.65 Å². The first-order valence-corrected chi connectivity index (χ1v) is 11.3. The second kappa shape index (κ2) is 10.2. The van der Waals surface area contributed by atoms with Gasteiger partial charge in [0.15, 0.2) is 0 Å². The number of hydrogen-bond donors (Lipinski definition) is 1. The first-order chi connectivity index (χ1) is 15.2. The van der Waals surface area contributed by atoms with E-state index in [9.17, 15) is 4.79 Å². The molecular formula is C25H25N3O2S. The summed E-state index contributed by atoms with van der Waals surface area (Å²) in [5, 5.41) is 3.00. The number of aromatic nitrogens is 2.